The summed E-state index contributed by atoms with van der Waals surface area (Å²) in [6.07, 6.45) is 91.1. The number of phosphoric acid groups is 1. The van der Waals surface area contributed by atoms with Crippen molar-refractivity contribution in [3.63, 3.8) is 0 Å². The van der Waals surface area contributed by atoms with Crippen LogP contribution in [0.15, 0.2) is 146 Å². The molecule has 0 aliphatic rings. The van der Waals surface area contributed by atoms with Crippen LogP contribution in [0.2, 0.25) is 0 Å². The van der Waals surface area contributed by atoms with E-state index in [0.29, 0.717) is 23.9 Å². The molecule has 484 valence electrons. The zero-order chi connectivity index (χ0) is 62.1. The molecule has 0 saturated carbocycles. The van der Waals surface area contributed by atoms with Gasteiger partial charge < -0.3 is 28.5 Å². The summed E-state index contributed by atoms with van der Waals surface area (Å²) in [5, 5.41) is 3.02. The molecule has 0 rings (SSSR count). The maximum Gasteiger partial charge on any atom is 0.306 e. The third kappa shape index (κ3) is 64.2. The van der Waals surface area contributed by atoms with E-state index in [1.807, 2.05) is 33.3 Å². The van der Waals surface area contributed by atoms with Crippen molar-refractivity contribution in [3.05, 3.63) is 146 Å². The zero-order valence-electron chi connectivity index (χ0n) is 55.3. The van der Waals surface area contributed by atoms with E-state index >= 15 is 0 Å². The minimum absolute atomic E-state index is 0.0356. The summed E-state index contributed by atoms with van der Waals surface area (Å²) in [5.74, 6) is -0.582. The van der Waals surface area contributed by atoms with Crippen LogP contribution in [0.4, 0.5) is 0 Å². The molecule has 0 heterocycles. The Hall–Kier alpha value is -4.11. The zero-order valence-corrected chi connectivity index (χ0v) is 56.1. The molecular formula is C75H127N2O7P. The molecule has 0 saturated heterocycles. The molecule has 0 fully saturated rings. The molecule has 0 aromatic rings. The van der Waals surface area contributed by atoms with Crippen LogP contribution in [0.25, 0.3) is 0 Å². The quantitative estimate of drug-likeness (QED) is 0.0212. The number of hydrogen-bond donors (Lipinski definition) is 1. The third-order valence-electron chi connectivity index (χ3n) is 14.3. The molecule has 0 radical (unpaired) electrons. The fraction of sp³-hybridized carbons (Fsp3) is 0.653. The van der Waals surface area contributed by atoms with E-state index in [1.165, 1.54) is 70.6 Å². The molecule has 0 aliphatic heterocycles. The molecular weight excluding hydrogens is 1070 g/mol. The number of rotatable bonds is 60. The first-order valence-corrected chi connectivity index (χ1v) is 35.6. The molecule has 85 heavy (non-hydrogen) atoms. The second-order valence-corrected chi connectivity index (χ2v) is 25.0. The molecule has 3 unspecified atom stereocenters. The first-order chi connectivity index (χ1) is 41.4. The van der Waals surface area contributed by atoms with E-state index in [0.717, 1.165) is 154 Å². The van der Waals surface area contributed by atoms with E-state index in [1.54, 1.807) is 0 Å². The number of nitrogens with one attached hydrogen (secondary N) is 1. The molecule has 9 nitrogen and oxygen atoms in total. The highest BCUT2D eigenvalue weighted by molar-refractivity contribution is 7.45. The first kappa shape index (κ1) is 80.9. The maximum atomic E-state index is 13.6. The molecule has 0 bridgehead atoms. The average molecular weight is 1200 g/mol. The minimum Gasteiger partial charge on any atom is -0.756 e. The Bertz CT molecular complexity index is 1960. The van der Waals surface area contributed by atoms with Crippen LogP contribution >= 0.6 is 7.82 Å². The monoisotopic (exact) mass is 1200 g/mol. The maximum absolute atomic E-state index is 13.6. The van der Waals surface area contributed by atoms with Gasteiger partial charge in [0.25, 0.3) is 7.82 Å². The van der Waals surface area contributed by atoms with E-state index in [4.69, 9.17) is 13.8 Å². The van der Waals surface area contributed by atoms with Gasteiger partial charge in [-0.15, -0.1) is 0 Å². The van der Waals surface area contributed by atoms with Gasteiger partial charge in [-0.25, -0.2) is 0 Å². The van der Waals surface area contributed by atoms with Crippen LogP contribution in [-0.2, 0) is 27.9 Å². The van der Waals surface area contributed by atoms with Gasteiger partial charge in [-0.05, 0) is 128 Å². The predicted octanol–water partition coefficient (Wildman–Crippen LogP) is 21.1. The molecule has 0 aliphatic carbocycles. The fourth-order valence-corrected chi connectivity index (χ4v) is 9.80. The second kappa shape index (κ2) is 62.9. The lowest BCUT2D eigenvalue weighted by Crippen LogP contribution is -2.47. The average Bonchev–Trinajstić information content (AvgIpc) is 3.64. The second-order valence-electron chi connectivity index (χ2n) is 23.6. The summed E-state index contributed by atoms with van der Waals surface area (Å²) >= 11 is 0. The molecule has 0 aromatic carbocycles. The lowest BCUT2D eigenvalue weighted by Gasteiger charge is -2.30. The van der Waals surface area contributed by atoms with Crippen molar-refractivity contribution >= 4 is 19.7 Å². The number of allylic oxidation sites excluding steroid dienone is 23. The Balaban J connectivity index is 5.14. The highest BCUT2D eigenvalue weighted by atomic mass is 31.2. The van der Waals surface area contributed by atoms with Gasteiger partial charge in [-0.3, -0.25) is 14.2 Å². The number of nitrogens with zero attached hydrogens (tertiary/aromatic N) is 1. The van der Waals surface area contributed by atoms with Crippen molar-refractivity contribution in [2.24, 2.45) is 0 Å². The summed E-state index contributed by atoms with van der Waals surface area (Å²) in [6.45, 7) is 6.58. The van der Waals surface area contributed by atoms with Crippen LogP contribution in [-0.4, -0.2) is 69.4 Å². The number of likely N-dealkylation sites (N-methyl/N-ethyl adjacent to an activating group) is 1. The topological polar surface area (TPSA) is 114 Å². The number of phosphoric ester groups is 1. The molecule has 3 atom stereocenters. The van der Waals surface area contributed by atoms with Crippen LogP contribution in [0.3, 0.4) is 0 Å². The fourth-order valence-electron chi connectivity index (χ4n) is 9.08. The van der Waals surface area contributed by atoms with Gasteiger partial charge in [0.15, 0.2) is 0 Å². The third-order valence-corrected chi connectivity index (χ3v) is 15.2. The summed E-state index contributed by atoms with van der Waals surface area (Å²) in [7, 11) is 1.15. The number of carbonyl (C=O) groups excluding carboxylic acids is 2. The van der Waals surface area contributed by atoms with Crippen molar-refractivity contribution in [2.75, 3.05) is 40.9 Å². The first-order valence-electron chi connectivity index (χ1n) is 34.1. The van der Waals surface area contributed by atoms with Gasteiger partial charge in [0.05, 0.1) is 33.8 Å². The van der Waals surface area contributed by atoms with Crippen molar-refractivity contribution in [1.29, 1.82) is 0 Å². The number of esters is 1. The highest BCUT2D eigenvalue weighted by Crippen LogP contribution is 2.38. The summed E-state index contributed by atoms with van der Waals surface area (Å²) in [5.41, 5.74) is 0. The van der Waals surface area contributed by atoms with Crippen LogP contribution in [0, 0.1) is 0 Å². The summed E-state index contributed by atoms with van der Waals surface area (Å²) in [6, 6.07) is -0.913. The molecule has 10 heteroatoms. The number of quaternary nitrogens is 1. The Morgan fingerprint density at radius 1 is 0.424 bits per heavy atom. The van der Waals surface area contributed by atoms with Gasteiger partial charge in [0.1, 0.15) is 19.3 Å². The van der Waals surface area contributed by atoms with Gasteiger partial charge in [-0.2, -0.15) is 0 Å². The van der Waals surface area contributed by atoms with Gasteiger partial charge in [-0.1, -0.05) is 270 Å². The Morgan fingerprint density at radius 3 is 1.13 bits per heavy atom. The van der Waals surface area contributed by atoms with Crippen LogP contribution < -0.4 is 10.2 Å². The molecule has 1 amide bonds. The van der Waals surface area contributed by atoms with E-state index in [9.17, 15) is 19.0 Å². The predicted molar refractivity (Wildman–Crippen MR) is 366 cm³/mol. The molecule has 0 aromatic heterocycles. The highest BCUT2D eigenvalue weighted by Gasteiger charge is 2.27. The molecule has 1 N–H and O–H groups in total. The molecule has 0 spiro atoms. The van der Waals surface area contributed by atoms with Crippen molar-refractivity contribution < 1.29 is 37.3 Å². The normalized spacial score (nSPS) is 14.5. The lowest BCUT2D eigenvalue weighted by atomic mass is 10.0. The minimum atomic E-state index is -4.72. The SMILES string of the molecule is CC/C=C\C/C=C\C/C=C\C/C=C\C/C=C\C/C=C\CCCCCCCCCCC(=O)NC(COP(=O)([O-])OCC[N+](C)(C)C)C(/C=C\CCCCCCCCCCC)OC(=O)CCCCCCC/C=C\C/C=C\C/C=C\C/C=C\C/C=C\CC. The van der Waals surface area contributed by atoms with E-state index in [2.05, 4.69) is 160 Å². The Labute approximate surface area is 523 Å². The number of unbranched alkanes of at least 4 members (excludes halogenated alkanes) is 22. The van der Waals surface area contributed by atoms with E-state index < -0.39 is 26.6 Å². The number of ether oxygens (including phenoxy) is 1. The lowest BCUT2D eigenvalue weighted by molar-refractivity contribution is -0.870. The van der Waals surface area contributed by atoms with Crippen molar-refractivity contribution in [3.8, 4) is 0 Å². The standard InChI is InChI=1S/C75H127N2O7P/c1-7-10-13-16-19-22-25-27-29-31-33-35-36-37-38-39-40-42-43-45-47-49-52-55-58-61-64-67-74(78)76-72(71-83-85(80,81)82-70-69-77(4,5)6)73(66-63-60-57-54-51-24-21-18-15-12-9-3)84-75(79)68-65-62-59-56-53-50-48-46-44-41-34-32-30-28-26-23-20-17-14-11-8-2/h10-11,13-14,19-20,22-23,27-30,33-35,37-38,40-42,46,48,63,66,72-73H,7-9,12,15-18,21,24-26,31-32,36,39,43-45,47,49-62,64-65,67-71H2,1-6H3,(H-,76,78,80,81)/b13-10-,14-11-,22-19-,23-20-,29-27-,30-28-,35-33-,38-37-,41-34-,42-40-,48-46-,66-63-. The van der Waals surface area contributed by atoms with Crippen molar-refractivity contribution in [2.45, 2.75) is 277 Å². The Kier molecular flexibility index (Phi) is 59.9. The van der Waals surface area contributed by atoms with Crippen LogP contribution in [0.1, 0.15) is 265 Å². The van der Waals surface area contributed by atoms with Gasteiger partial charge in [0.2, 0.25) is 5.91 Å². The van der Waals surface area contributed by atoms with Crippen LogP contribution in [0.5, 0.6) is 0 Å². The van der Waals surface area contributed by atoms with E-state index in [-0.39, 0.29) is 24.9 Å². The summed E-state index contributed by atoms with van der Waals surface area (Å²) in [4.78, 5) is 40.1. The smallest absolute Gasteiger partial charge is 0.306 e. The van der Waals surface area contributed by atoms with Gasteiger partial charge >= 0.3 is 5.97 Å². The number of amides is 1. The largest absolute Gasteiger partial charge is 0.756 e. The Morgan fingerprint density at radius 2 is 0.753 bits per heavy atom. The van der Waals surface area contributed by atoms with Gasteiger partial charge in [0, 0.05) is 12.8 Å². The summed E-state index contributed by atoms with van der Waals surface area (Å²) < 4.78 is 30.4. The number of carbonyl (C=O) groups is 2. The van der Waals surface area contributed by atoms with Crippen molar-refractivity contribution in [1.82, 2.24) is 5.32 Å². The number of hydrogen-bond acceptors (Lipinski definition) is 7.